The van der Waals surface area contributed by atoms with Gasteiger partial charge in [0.25, 0.3) is 5.91 Å². The van der Waals surface area contributed by atoms with Crippen molar-refractivity contribution in [2.75, 3.05) is 11.9 Å². The number of esters is 1. The van der Waals surface area contributed by atoms with Crippen molar-refractivity contribution >= 4 is 44.8 Å². The van der Waals surface area contributed by atoms with Gasteiger partial charge < -0.3 is 10.1 Å². The summed E-state index contributed by atoms with van der Waals surface area (Å²) in [5, 5.41) is 2.97. The van der Waals surface area contributed by atoms with Crippen LogP contribution in [0, 0.1) is 12.7 Å². The first-order valence-corrected chi connectivity index (χ1v) is 8.94. The van der Waals surface area contributed by atoms with E-state index in [2.05, 4.69) is 5.32 Å². The molecule has 0 saturated carbocycles. The molecule has 2 aromatic carbocycles. The molecule has 0 aliphatic carbocycles. The van der Waals surface area contributed by atoms with Crippen LogP contribution in [0.4, 0.5) is 10.1 Å². The second-order valence-corrected chi connectivity index (χ2v) is 6.98. The van der Waals surface area contributed by atoms with E-state index < -0.39 is 24.3 Å². The van der Waals surface area contributed by atoms with E-state index in [-0.39, 0.29) is 10.7 Å². The molecule has 0 aliphatic rings. The van der Waals surface area contributed by atoms with Crippen LogP contribution in [0.25, 0.3) is 10.1 Å². The normalized spacial score (nSPS) is 10.6. The Labute approximate surface area is 158 Å². The Morgan fingerprint density at radius 3 is 2.44 bits per heavy atom. The molecule has 0 radical (unpaired) electrons. The van der Waals surface area contributed by atoms with Gasteiger partial charge in [-0.05, 0) is 55.8 Å². The van der Waals surface area contributed by atoms with Crippen LogP contribution in [-0.4, -0.2) is 24.3 Å². The zero-order chi connectivity index (χ0) is 19.6. The number of hydrogen-bond donors (Lipinski definition) is 1. The van der Waals surface area contributed by atoms with E-state index in [1.165, 1.54) is 13.0 Å². The number of hydrogen-bond acceptors (Lipinski definition) is 5. The standard InChI is InChI=1S/C20H16FNO4S/c1-11-18-15(21)4-3-5-16(18)27-19(11)20(25)26-10-17(24)22-14-8-6-13(7-9-14)12(2)23/h3-9H,10H2,1-2H3,(H,22,24). The summed E-state index contributed by atoms with van der Waals surface area (Å²) in [5.41, 5.74) is 1.52. The summed E-state index contributed by atoms with van der Waals surface area (Å²) in [5.74, 6) is -1.65. The van der Waals surface area contributed by atoms with Crippen LogP contribution in [0.3, 0.4) is 0 Å². The molecular formula is C20H16FNO4S. The van der Waals surface area contributed by atoms with E-state index in [0.717, 1.165) is 11.3 Å². The van der Waals surface area contributed by atoms with E-state index in [1.54, 1.807) is 43.3 Å². The number of fused-ring (bicyclic) bond motifs is 1. The largest absolute Gasteiger partial charge is 0.451 e. The van der Waals surface area contributed by atoms with Gasteiger partial charge in [-0.3, -0.25) is 9.59 Å². The summed E-state index contributed by atoms with van der Waals surface area (Å²) in [6, 6.07) is 11.0. The Morgan fingerprint density at radius 2 is 1.81 bits per heavy atom. The average molecular weight is 385 g/mol. The summed E-state index contributed by atoms with van der Waals surface area (Å²) >= 11 is 1.13. The van der Waals surface area contributed by atoms with Gasteiger partial charge in [-0.1, -0.05) is 6.07 Å². The molecule has 3 aromatic rings. The van der Waals surface area contributed by atoms with Crippen molar-refractivity contribution in [3.63, 3.8) is 0 Å². The molecule has 7 heteroatoms. The zero-order valence-corrected chi connectivity index (χ0v) is 15.5. The molecular weight excluding hydrogens is 369 g/mol. The SMILES string of the molecule is CC(=O)c1ccc(NC(=O)COC(=O)c2sc3cccc(F)c3c2C)cc1. The fourth-order valence-corrected chi connectivity index (χ4v) is 3.75. The highest BCUT2D eigenvalue weighted by molar-refractivity contribution is 7.21. The zero-order valence-electron chi connectivity index (χ0n) is 14.7. The van der Waals surface area contributed by atoms with Gasteiger partial charge in [0.05, 0.1) is 0 Å². The number of aryl methyl sites for hydroxylation is 1. The van der Waals surface area contributed by atoms with Crippen molar-refractivity contribution in [3.05, 3.63) is 64.3 Å². The number of amides is 1. The third kappa shape index (κ3) is 4.03. The molecule has 0 unspecified atom stereocenters. The fourth-order valence-electron chi connectivity index (χ4n) is 2.63. The average Bonchev–Trinajstić information content (AvgIpc) is 2.98. The number of Topliss-reactive ketones (excluding diaryl/α,β-unsaturated/α-hetero) is 1. The predicted octanol–water partition coefficient (Wildman–Crippen LogP) is 4.35. The molecule has 138 valence electrons. The third-order valence-electron chi connectivity index (χ3n) is 4.00. The molecule has 0 saturated heterocycles. The van der Waals surface area contributed by atoms with Gasteiger partial charge in [-0.15, -0.1) is 11.3 Å². The highest BCUT2D eigenvalue weighted by atomic mass is 32.1. The lowest BCUT2D eigenvalue weighted by atomic mass is 10.1. The van der Waals surface area contributed by atoms with Crippen molar-refractivity contribution in [2.24, 2.45) is 0 Å². The molecule has 0 bridgehead atoms. The second kappa shape index (κ2) is 7.67. The van der Waals surface area contributed by atoms with Crippen molar-refractivity contribution in [1.82, 2.24) is 0 Å². The number of carbonyl (C=O) groups excluding carboxylic acids is 3. The molecule has 3 rings (SSSR count). The van der Waals surface area contributed by atoms with E-state index in [4.69, 9.17) is 4.74 Å². The quantitative estimate of drug-likeness (QED) is 0.524. The number of nitrogens with one attached hydrogen (secondary N) is 1. The Hall–Kier alpha value is -3.06. The number of halogens is 1. The molecule has 5 nitrogen and oxygen atoms in total. The smallest absolute Gasteiger partial charge is 0.349 e. The van der Waals surface area contributed by atoms with Crippen LogP contribution in [0.2, 0.25) is 0 Å². The first kappa shape index (κ1) is 18.7. The van der Waals surface area contributed by atoms with E-state index in [1.807, 2.05) is 0 Å². The Morgan fingerprint density at radius 1 is 1.11 bits per heavy atom. The number of benzene rings is 2. The summed E-state index contributed by atoms with van der Waals surface area (Å²) < 4.78 is 19.6. The number of anilines is 1. The number of rotatable bonds is 5. The van der Waals surface area contributed by atoms with Crippen molar-refractivity contribution in [2.45, 2.75) is 13.8 Å². The number of thiophene rings is 1. The monoisotopic (exact) mass is 385 g/mol. The topological polar surface area (TPSA) is 72.5 Å². The van der Waals surface area contributed by atoms with Gasteiger partial charge in [-0.25, -0.2) is 9.18 Å². The number of ketones is 1. The van der Waals surface area contributed by atoms with Gasteiger partial charge in [-0.2, -0.15) is 0 Å². The summed E-state index contributed by atoms with van der Waals surface area (Å²) in [7, 11) is 0. The minimum atomic E-state index is -0.671. The predicted molar refractivity (Wildman–Crippen MR) is 102 cm³/mol. The maximum Gasteiger partial charge on any atom is 0.349 e. The summed E-state index contributed by atoms with van der Waals surface area (Å²) in [6.07, 6.45) is 0. The molecule has 1 N–H and O–H groups in total. The minimum absolute atomic E-state index is 0.0723. The number of carbonyl (C=O) groups is 3. The molecule has 0 fully saturated rings. The van der Waals surface area contributed by atoms with Gasteiger partial charge in [0, 0.05) is 21.3 Å². The van der Waals surface area contributed by atoms with Crippen LogP contribution >= 0.6 is 11.3 Å². The molecule has 27 heavy (non-hydrogen) atoms. The first-order chi connectivity index (χ1) is 12.9. The fraction of sp³-hybridized carbons (Fsp3) is 0.150. The Kier molecular flexibility index (Phi) is 5.32. The second-order valence-electron chi connectivity index (χ2n) is 5.93. The lowest BCUT2D eigenvalue weighted by Gasteiger charge is -2.07. The van der Waals surface area contributed by atoms with E-state index in [0.29, 0.717) is 26.9 Å². The lowest BCUT2D eigenvalue weighted by Crippen LogP contribution is -2.20. The molecule has 0 aliphatic heterocycles. The van der Waals surface area contributed by atoms with Crippen LogP contribution in [0.15, 0.2) is 42.5 Å². The van der Waals surface area contributed by atoms with Gasteiger partial charge in [0.2, 0.25) is 0 Å². The first-order valence-electron chi connectivity index (χ1n) is 8.12. The van der Waals surface area contributed by atoms with Gasteiger partial charge in [0.1, 0.15) is 10.7 Å². The van der Waals surface area contributed by atoms with Crippen molar-refractivity contribution < 1.29 is 23.5 Å². The third-order valence-corrected chi connectivity index (χ3v) is 5.24. The molecule has 1 amide bonds. The molecule has 0 atom stereocenters. The maximum atomic E-state index is 13.9. The van der Waals surface area contributed by atoms with E-state index >= 15 is 0 Å². The summed E-state index contributed by atoms with van der Waals surface area (Å²) in [6.45, 7) is 2.63. The lowest BCUT2D eigenvalue weighted by molar-refractivity contribution is -0.119. The van der Waals surface area contributed by atoms with Crippen LogP contribution < -0.4 is 5.32 Å². The maximum absolute atomic E-state index is 13.9. The molecule has 1 heterocycles. The van der Waals surface area contributed by atoms with Crippen molar-refractivity contribution in [3.8, 4) is 0 Å². The highest BCUT2D eigenvalue weighted by Gasteiger charge is 2.19. The van der Waals surface area contributed by atoms with Crippen LogP contribution in [0.1, 0.15) is 32.5 Å². The van der Waals surface area contributed by atoms with Crippen molar-refractivity contribution in [1.29, 1.82) is 0 Å². The Balaban J connectivity index is 1.63. The molecule has 0 spiro atoms. The summed E-state index contributed by atoms with van der Waals surface area (Å²) in [4.78, 5) is 35.7. The van der Waals surface area contributed by atoms with Crippen LogP contribution in [0.5, 0.6) is 0 Å². The Bertz CT molecular complexity index is 1040. The molecule has 1 aromatic heterocycles. The van der Waals surface area contributed by atoms with Gasteiger partial charge >= 0.3 is 5.97 Å². The van der Waals surface area contributed by atoms with Gasteiger partial charge in [0.15, 0.2) is 12.4 Å². The minimum Gasteiger partial charge on any atom is -0.451 e. The highest BCUT2D eigenvalue weighted by Crippen LogP contribution is 2.32. The van der Waals surface area contributed by atoms with Crippen LogP contribution in [-0.2, 0) is 9.53 Å². The van der Waals surface area contributed by atoms with E-state index in [9.17, 15) is 18.8 Å². The number of ether oxygens (including phenoxy) is 1.